The van der Waals surface area contributed by atoms with Gasteiger partial charge in [-0.25, -0.2) is 9.97 Å². The molecular formula is C23H32N4. The van der Waals surface area contributed by atoms with E-state index < -0.39 is 0 Å². The molecule has 1 saturated carbocycles. The molecule has 0 atom stereocenters. The van der Waals surface area contributed by atoms with Gasteiger partial charge in [0.1, 0.15) is 11.6 Å². The number of piperidine rings is 1. The molecule has 0 bridgehead atoms. The summed E-state index contributed by atoms with van der Waals surface area (Å²) >= 11 is 0. The molecule has 2 fully saturated rings. The highest BCUT2D eigenvalue weighted by molar-refractivity contribution is 5.35. The zero-order valence-electron chi connectivity index (χ0n) is 16.9. The number of nitrogens with zero attached hydrogens (tertiary/aromatic N) is 3. The average Bonchev–Trinajstić information content (AvgIpc) is 3.49. The van der Waals surface area contributed by atoms with Gasteiger partial charge in [-0.3, -0.25) is 4.90 Å². The largest absolute Gasteiger partial charge is 0.367 e. The molecule has 2 heterocycles. The smallest absolute Gasteiger partial charge is 0.133 e. The van der Waals surface area contributed by atoms with Gasteiger partial charge in [-0.05, 0) is 48.3 Å². The second-order valence-corrected chi connectivity index (χ2v) is 9.22. The van der Waals surface area contributed by atoms with Crippen LogP contribution in [0.1, 0.15) is 69.3 Å². The van der Waals surface area contributed by atoms with Gasteiger partial charge in [-0.1, -0.05) is 45.0 Å². The van der Waals surface area contributed by atoms with E-state index in [1.54, 1.807) is 0 Å². The van der Waals surface area contributed by atoms with Crippen molar-refractivity contribution in [2.75, 3.05) is 18.4 Å². The Kier molecular flexibility index (Phi) is 5.18. The Balaban J connectivity index is 1.27. The van der Waals surface area contributed by atoms with Crippen molar-refractivity contribution in [3.8, 4) is 0 Å². The molecule has 4 nitrogen and oxygen atoms in total. The zero-order chi connectivity index (χ0) is 18.9. The molecule has 0 radical (unpaired) electrons. The van der Waals surface area contributed by atoms with Gasteiger partial charge in [0.25, 0.3) is 0 Å². The molecule has 0 amide bonds. The molecule has 1 aromatic heterocycles. The van der Waals surface area contributed by atoms with Gasteiger partial charge in [-0.2, -0.15) is 0 Å². The normalized spacial score (nSPS) is 19.2. The fraction of sp³-hybridized carbons (Fsp3) is 0.565. The van der Waals surface area contributed by atoms with Crippen molar-refractivity contribution in [1.82, 2.24) is 14.9 Å². The number of nitrogens with one attached hydrogen (secondary N) is 1. The number of aromatic nitrogens is 2. The van der Waals surface area contributed by atoms with Crippen LogP contribution in [-0.4, -0.2) is 34.0 Å². The lowest BCUT2D eigenvalue weighted by Gasteiger charge is -2.32. The summed E-state index contributed by atoms with van der Waals surface area (Å²) in [6, 6.07) is 11.7. The summed E-state index contributed by atoms with van der Waals surface area (Å²) in [6.07, 6.45) is 6.74. The number of anilines is 1. The minimum absolute atomic E-state index is 0.225. The van der Waals surface area contributed by atoms with Gasteiger partial charge >= 0.3 is 0 Å². The number of likely N-dealkylation sites (tertiary alicyclic amines) is 1. The second kappa shape index (κ2) is 7.59. The summed E-state index contributed by atoms with van der Waals surface area (Å²) in [5.74, 6) is 2.64. The highest BCUT2D eigenvalue weighted by Crippen LogP contribution is 2.38. The SMILES string of the molecule is CC(C)(C)c1ccc(CN2CCC(Nc3ccnc(C4CC4)n3)CC2)cc1. The first-order valence-electron chi connectivity index (χ1n) is 10.4. The average molecular weight is 365 g/mol. The predicted molar refractivity (Wildman–Crippen MR) is 111 cm³/mol. The van der Waals surface area contributed by atoms with Crippen LogP contribution in [0.4, 0.5) is 5.82 Å². The molecule has 4 heteroatoms. The quantitative estimate of drug-likeness (QED) is 0.833. The first-order valence-corrected chi connectivity index (χ1v) is 10.4. The van der Waals surface area contributed by atoms with Crippen molar-refractivity contribution in [2.24, 2.45) is 0 Å². The number of rotatable bonds is 5. The lowest BCUT2D eigenvalue weighted by molar-refractivity contribution is 0.211. The summed E-state index contributed by atoms with van der Waals surface area (Å²) in [5.41, 5.74) is 3.05. The third kappa shape index (κ3) is 4.86. The van der Waals surface area contributed by atoms with Crippen LogP contribution in [0.25, 0.3) is 0 Å². The Morgan fingerprint density at radius 1 is 1.00 bits per heavy atom. The second-order valence-electron chi connectivity index (χ2n) is 9.22. The van der Waals surface area contributed by atoms with Crippen molar-refractivity contribution in [1.29, 1.82) is 0 Å². The third-order valence-electron chi connectivity index (χ3n) is 5.78. The van der Waals surface area contributed by atoms with Crippen molar-refractivity contribution in [3.63, 3.8) is 0 Å². The molecule has 144 valence electrons. The van der Waals surface area contributed by atoms with Crippen LogP contribution < -0.4 is 5.32 Å². The van der Waals surface area contributed by atoms with Gasteiger partial charge in [-0.15, -0.1) is 0 Å². The van der Waals surface area contributed by atoms with Crippen molar-refractivity contribution >= 4 is 5.82 Å². The standard InChI is InChI=1S/C23H32N4/c1-23(2,3)19-8-4-17(5-9-19)16-27-14-11-20(12-15-27)25-21-10-13-24-22(26-21)18-6-7-18/h4-5,8-10,13,18,20H,6-7,11-12,14-16H2,1-3H3,(H,24,25,26). The van der Waals surface area contributed by atoms with Crippen LogP contribution in [0.5, 0.6) is 0 Å². The maximum Gasteiger partial charge on any atom is 0.133 e. The molecule has 1 aromatic carbocycles. The monoisotopic (exact) mass is 364 g/mol. The topological polar surface area (TPSA) is 41.0 Å². The van der Waals surface area contributed by atoms with Crippen LogP contribution in [-0.2, 0) is 12.0 Å². The molecule has 27 heavy (non-hydrogen) atoms. The van der Waals surface area contributed by atoms with E-state index in [2.05, 4.69) is 60.2 Å². The molecule has 2 aliphatic rings. The molecule has 4 rings (SSSR count). The van der Waals surface area contributed by atoms with Gasteiger partial charge < -0.3 is 5.32 Å². The van der Waals surface area contributed by atoms with E-state index in [0.717, 1.165) is 31.3 Å². The molecule has 2 aromatic rings. The fourth-order valence-electron chi connectivity index (χ4n) is 3.81. The highest BCUT2D eigenvalue weighted by atomic mass is 15.1. The van der Waals surface area contributed by atoms with Gasteiger partial charge in [0, 0.05) is 37.8 Å². The van der Waals surface area contributed by atoms with E-state index in [4.69, 9.17) is 4.98 Å². The van der Waals surface area contributed by atoms with Crippen LogP contribution in [0.15, 0.2) is 36.5 Å². The maximum absolute atomic E-state index is 4.71. The Morgan fingerprint density at radius 2 is 1.70 bits per heavy atom. The summed E-state index contributed by atoms with van der Waals surface area (Å²) in [7, 11) is 0. The molecule has 1 aliphatic heterocycles. The Bertz CT molecular complexity index is 751. The van der Waals surface area contributed by atoms with Crippen molar-refractivity contribution < 1.29 is 0 Å². The predicted octanol–water partition coefficient (Wildman–Crippen LogP) is 4.73. The highest BCUT2D eigenvalue weighted by Gasteiger charge is 2.27. The molecule has 0 spiro atoms. The number of hydrogen-bond acceptors (Lipinski definition) is 4. The molecule has 0 unspecified atom stereocenters. The number of hydrogen-bond donors (Lipinski definition) is 1. The van der Waals surface area contributed by atoms with Crippen molar-refractivity contribution in [2.45, 2.75) is 70.4 Å². The summed E-state index contributed by atoms with van der Waals surface area (Å²) in [4.78, 5) is 11.7. The van der Waals surface area contributed by atoms with Gasteiger partial charge in [0.05, 0.1) is 0 Å². The minimum atomic E-state index is 0.225. The van der Waals surface area contributed by atoms with E-state index in [-0.39, 0.29) is 5.41 Å². The zero-order valence-corrected chi connectivity index (χ0v) is 16.9. The minimum Gasteiger partial charge on any atom is -0.367 e. The van der Waals surface area contributed by atoms with E-state index in [0.29, 0.717) is 12.0 Å². The molecular weight excluding hydrogens is 332 g/mol. The molecule has 1 aliphatic carbocycles. The summed E-state index contributed by atoms with van der Waals surface area (Å²) < 4.78 is 0. The van der Waals surface area contributed by atoms with Crippen LogP contribution in [0.3, 0.4) is 0 Å². The van der Waals surface area contributed by atoms with Crippen LogP contribution in [0.2, 0.25) is 0 Å². The summed E-state index contributed by atoms with van der Waals surface area (Å²) in [5, 5.41) is 3.63. The van der Waals surface area contributed by atoms with E-state index in [9.17, 15) is 0 Å². The number of benzene rings is 1. The maximum atomic E-state index is 4.71. The van der Waals surface area contributed by atoms with E-state index in [1.165, 1.54) is 36.8 Å². The van der Waals surface area contributed by atoms with E-state index in [1.807, 2.05) is 12.3 Å². The first-order chi connectivity index (χ1) is 13.0. The third-order valence-corrected chi connectivity index (χ3v) is 5.78. The lowest BCUT2D eigenvalue weighted by Crippen LogP contribution is -2.38. The fourth-order valence-corrected chi connectivity index (χ4v) is 3.81. The molecule has 1 saturated heterocycles. The van der Waals surface area contributed by atoms with Gasteiger partial charge in [0.15, 0.2) is 0 Å². The van der Waals surface area contributed by atoms with Gasteiger partial charge in [0.2, 0.25) is 0 Å². The Labute approximate surface area is 163 Å². The van der Waals surface area contributed by atoms with Crippen molar-refractivity contribution in [3.05, 3.63) is 53.5 Å². The summed E-state index contributed by atoms with van der Waals surface area (Å²) in [6.45, 7) is 10.1. The molecule has 1 N–H and O–H groups in total. The van der Waals surface area contributed by atoms with Crippen LogP contribution in [0, 0.1) is 0 Å². The Morgan fingerprint density at radius 3 is 2.33 bits per heavy atom. The van der Waals surface area contributed by atoms with E-state index >= 15 is 0 Å². The Hall–Kier alpha value is -1.94. The van der Waals surface area contributed by atoms with Crippen LogP contribution >= 0.6 is 0 Å². The first kappa shape index (κ1) is 18.4. The lowest BCUT2D eigenvalue weighted by atomic mass is 9.86.